The molecule has 0 bridgehead atoms. The summed E-state index contributed by atoms with van der Waals surface area (Å²) in [5, 5.41) is 3.20. The van der Waals surface area contributed by atoms with E-state index in [1.165, 1.54) is 12.0 Å². The van der Waals surface area contributed by atoms with Crippen LogP contribution in [0.3, 0.4) is 0 Å². The van der Waals surface area contributed by atoms with E-state index in [4.69, 9.17) is 4.74 Å². The topological polar surface area (TPSA) is 58.6 Å². The van der Waals surface area contributed by atoms with Gasteiger partial charge in [0.2, 0.25) is 11.8 Å². The molecule has 1 aliphatic rings. The quantitative estimate of drug-likeness (QED) is 0.496. The Morgan fingerprint density at radius 3 is 2.34 bits per heavy atom. The fraction of sp³-hybridized carbons (Fsp3) is 0.533. The van der Waals surface area contributed by atoms with Crippen molar-refractivity contribution in [3.8, 4) is 5.75 Å². The van der Waals surface area contributed by atoms with Crippen LogP contribution in [0.1, 0.15) is 82.9 Å². The van der Waals surface area contributed by atoms with E-state index in [9.17, 15) is 9.59 Å². The maximum atomic E-state index is 13.5. The van der Waals surface area contributed by atoms with Crippen LogP contribution in [0, 0.1) is 0 Å². The average Bonchev–Trinajstić information content (AvgIpc) is 2.86. The van der Waals surface area contributed by atoms with E-state index in [1.54, 1.807) is 12.0 Å². The SMILES string of the molecule is COc1cccc(CN(C(=O)CCc2ccc(C(C)(C)C)cc2)[C@H](C)C(=O)NC2CCCCC2)c1. The molecule has 0 radical (unpaired) electrons. The first-order valence-corrected chi connectivity index (χ1v) is 13.0. The summed E-state index contributed by atoms with van der Waals surface area (Å²) in [5.74, 6) is 0.662. The second kappa shape index (κ2) is 12.2. The largest absolute Gasteiger partial charge is 0.497 e. The highest BCUT2D eigenvalue weighted by atomic mass is 16.5. The van der Waals surface area contributed by atoms with Gasteiger partial charge in [-0.2, -0.15) is 0 Å². The Hall–Kier alpha value is -2.82. The van der Waals surface area contributed by atoms with Crippen molar-refractivity contribution in [2.75, 3.05) is 7.11 Å². The summed E-state index contributed by atoms with van der Waals surface area (Å²) >= 11 is 0. The molecule has 0 aliphatic heterocycles. The molecule has 5 nitrogen and oxygen atoms in total. The van der Waals surface area contributed by atoms with Gasteiger partial charge in [-0.05, 0) is 60.4 Å². The van der Waals surface area contributed by atoms with E-state index < -0.39 is 6.04 Å². The van der Waals surface area contributed by atoms with Crippen LogP contribution in [0.25, 0.3) is 0 Å². The van der Waals surface area contributed by atoms with Crippen molar-refractivity contribution in [3.63, 3.8) is 0 Å². The number of carbonyl (C=O) groups is 2. The number of hydrogen-bond donors (Lipinski definition) is 1. The van der Waals surface area contributed by atoms with Crippen LogP contribution in [0.15, 0.2) is 48.5 Å². The number of benzene rings is 2. The minimum Gasteiger partial charge on any atom is -0.497 e. The maximum Gasteiger partial charge on any atom is 0.242 e. The molecule has 5 heteroatoms. The monoisotopic (exact) mass is 478 g/mol. The second-order valence-electron chi connectivity index (χ2n) is 10.8. The van der Waals surface area contributed by atoms with Crippen LogP contribution >= 0.6 is 0 Å². The lowest BCUT2D eigenvalue weighted by molar-refractivity contribution is -0.141. The van der Waals surface area contributed by atoms with Crippen LogP contribution in [0.4, 0.5) is 0 Å². The van der Waals surface area contributed by atoms with E-state index in [1.807, 2.05) is 31.2 Å². The lowest BCUT2D eigenvalue weighted by Gasteiger charge is -2.31. The molecule has 2 aromatic rings. The molecule has 1 atom stereocenters. The van der Waals surface area contributed by atoms with Gasteiger partial charge in [-0.1, -0.05) is 76.4 Å². The number of methoxy groups -OCH3 is 1. The molecule has 35 heavy (non-hydrogen) atoms. The molecule has 1 saturated carbocycles. The smallest absolute Gasteiger partial charge is 0.242 e. The molecule has 2 aromatic carbocycles. The van der Waals surface area contributed by atoms with E-state index in [0.717, 1.165) is 42.6 Å². The van der Waals surface area contributed by atoms with Gasteiger partial charge in [-0.3, -0.25) is 9.59 Å². The van der Waals surface area contributed by atoms with Gasteiger partial charge in [0, 0.05) is 19.0 Å². The molecule has 0 heterocycles. The lowest BCUT2D eigenvalue weighted by Crippen LogP contribution is -2.50. The highest BCUT2D eigenvalue weighted by molar-refractivity contribution is 5.87. The molecule has 3 rings (SSSR count). The summed E-state index contributed by atoms with van der Waals surface area (Å²) < 4.78 is 5.36. The highest BCUT2D eigenvalue weighted by Gasteiger charge is 2.28. The molecule has 0 spiro atoms. The first kappa shape index (κ1) is 26.8. The molecule has 0 unspecified atom stereocenters. The summed E-state index contributed by atoms with van der Waals surface area (Å²) in [4.78, 5) is 28.3. The van der Waals surface area contributed by atoms with Crippen molar-refractivity contribution < 1.29 is 14.3 Å². The fourth-order valence-corrected chi connectivity index (χ4v) is 4.69. The molecular weight excluding hydrogens is 436 g/mol. The fourth-order valence-electron chi connectivity index (χ4n) is 4.69. The minimum atomic E-state index is -0.543. The molecule has 0 aromatic heterocycles. The third kappa shape index (κ3) is 7.84. The molecular formula is C30H42N2O3. The van der Waals surface area contributed by atoms with Crippen molar-refractivity contribution in [2.45, 2.75) is 96.7 Å². The Kier molecular flexibility index (Phi) is 9.36. The molecule has 2 amide bonds. The van der Waals surface area contributed by atoms with E-state index in [2.05, 4.69) is 50.4 Å². The van der Waals surface area contributed by atoms with E-state index in [-0.39, 0.29) is 23.3 Å². The Bertz CT molecular complexity index is 972. The van der Waals surface area contributed by atoms with Crippen molar-refractivity contribution in [2.24, 2.45) is 0 Å². The Morgan fingerprint density at radius 1 is 1.03 bits per heavy atom. The van der Waals surface area contributed by atoms with Crippen LogP contribution in [-0.4, -0.2) is 35.9 Å². The number of amides is 2. The van der Waals surface area contributed by atoms with Gasteiger partial charge in [0.1, 0.15) is 11.8 Å². The zero-order valence-corrected chi connectivity index (χ0v) is 22.1. The van der Waals surface area contributed by atoms with Gasteiger partial charge < -0.3 is 15.0 Å². The number of nitrogens with one attached hydrogen (secondary N) is 1. The summed E-state index contributed by atoms with van der Waals surface area (Å²) in [6.07, 6.45) is 6.59. The number of nitrogens with zero attached hydrogens (tertiary/aromatic N) is 1. The van der Waals surface area contributed by atoms with Crippen molar-refractivity contribution in [3.05, 3.63) is 65.2 Å². The number of carbonyl (C=O) groups excluding carboxylic acids is 2. The number of aryl methyl sites for hydroxylation is 1. The zero-order valence-electron chi connectivity index (χ0n) is 22.1. The molecule has 1 N–H and O–H groups in total. The molecule has 190 valence electrons. The van der Waals surface area contributed by atoms with Crippen LogP contribution < -0.4 is 10.1 Å². The number of hydrogen-bond acceptors (Lipinski definition) is 3. The highest BCUT2D eigenvalue weighted by Crippen LogP contribution is 2.23. The third-order valence-corrected chi connectivity index (χ3v) is 7.05. The molecule has 1 fully saturated rings. The number of rotatable bonds is 9. The van der Waals surface area contributed by atoms with Crippen molar-refractivity contribution in [1.29, 1.82) is 0 Å². The van der Waals surface area contributed by atoms with Gasteiger partial charge >= 0.3 is 0 Å². The third-order valence-electron chi connectivity index (χ3n) is 7.05. The summed E-state index contributed by atoms with van der Waals surface area (Å²) in [6.45, 7) is 8.80. The summed E-state index contributed by atoms with van der Waals surface area (Å²) in [5.41, 5.74) is 3.46. The normalized spacial score (nSPS) is 15.3. The summed E-state index contributed by atoms with van der Waals surface area (Å²) in [6, 6.07) is 15.9. The predicted octanol–water partition coefficient (Wildman–Crippen LogP) is 5.79. The van der Waals surface area contributed by atoms with Gasteiger partial charge in [0.15, 0.2) is 0 Å². The van der Waals surface area contributed by atoms with Gasteiger partial charge in [0.25, 0.3) is 0 Å². The van der Waals surface area contributed by atoms with Crippen LogP contribution in [-0.2, 0) is 28.0 Å². The Labute approximate surface area is 211 Å². The predicted molar refractivity (Wildman–Crippen MR) is 141 cm³/mol. The van der Waals surface area contributed by atoms with Crippen LogP contribution in [0.5, 0.6) is 5.75 Å². The number of ether oxygens (including phenoxy) is 1. The lowest BCUT2D eigenvalue weighted by atomic mass is 9.86. The standard InChI is InChI=1S/C30H42N2O3/c1-22(29(34)31-26-11-7-6-8-12-26)32(21-24-10-9-13-27(20-24)35-5)28(33)19-16-23-14-17-25(18-15-23)30(2,3)4/h9-10,13-15,17-18,20,22,26H,6-8,11-12,16,19,21H2,1-5H3,(H,31,34)/t22-/m1/s1. The minimum absolute atomic E-state index is 0.0148. The van der Waals surface area contributed by atoms with E-state index >= 15 is 0 Å². The van der Waals surface area contributed by atoms with Crippen molar-refractivity contribution in [1.82, 2.24) is 10.2 Å². The first-order chi connectivity index (χ1) is 16.7. The van der Waals surface area contributed by atoms with Gasteiger partial charge in [-0.15, -0.1) is 0 Å². The van der Waals surface area contributed by atoms with Crippen molar-refractivity contribution >= 4 is 11.8 Å². The van der Waals surface area contributed by atoms with Crippen LogP contribution in [0.2, 0.25) is 0 Å². The first-order valence-electron chi connectivity index (χ1n) is 13.0. The maximum absolute atomic E-state index is 13.5. The molecule has 0 saturated heterocycles. The zero-order chi connectivity index (χ0) is 25.4. The Balaban J connectivity index is 1.71. The average molecular weight is 479 g/mol. The second-order valence-corrected chi connectivity index (χ2v) is 10.8. The van der Waals surface area contributed by atoms with Gasteiger partial charge in [0.05, 0.1) is 7.11 Å². The molecule has 1 aliphatic carbocycles. The van der Waals surface area contributed by atoms with Gasteiger partial charge in [-0.25, -0.2) is 0 Å². The summed E-state index contributed by atoms with van der Waals surface area (Å²) in [7, 11) is 1.63. The Morgan fingerprint density at radius 2 is 1.71 bits per heavy atom. The van der Waals surface area contributed by atoms with E-state index in [0.29, 0.717) is 19.4 Å².